The van der Waals surface area contributed by atoms with Gasteiger partial charge in [-0.3, -0.25) is 9.59 Å². The largest absolute Gasteiger partial charge is 0.495 e. The van der Waals surface area contributed by atoms with Crippen molar-refractivity contribution in [1.82, 2.24) is 0 Å². The minimum atomic E-state index is -0.244. The van der Waals surface area contributed by atoms with Crippen molar-refractivity contribution in [3.63, 3.8) is 0 Å². The highest BCUT2D eigenvalue weighted by Crippen LogP contribution is 2.24. The molecular weight excluding hydrogens is 396 g/mol. The van der Waals surface area contributed by atoms with Gasteiger partial charge in [0.15, 0.2) is 0 Å². The van der Waals surface area contributed by atoms with E-state index in [9.17, 15) is 9.59 Å². The Bertz CT molecular complexity index is 1020. The Balaban J connectivity index is 1.50. The predicted molar refractivity (Wildman–Crippen MR) is 123 cm³/mol. The van der Waals surface area contributed by atoms with Crippen molar-refractivity contribution < 1.29 is 14.3 Å². The van der Waals surface area contributed by atoms with Gasteiger partial charge in [0, 0.05) is 17.0 Å². The fourth-order valence-corrected chi connectivity index (χ4v) is 3.68. The monoisotopic (exact) mass is 420 g/mol. The highest BCUT2D eigenvalue weighted by Gasteiger charge is 2.10. The number of rotatable bonds is 8. The Morgan fingerprint density at radius 3 is 2.43 bits per heavy atom. The highest BCUT2D eigenvalue weighted by atomic mass is 32.2. The summed E-state index contributed by atoms with van der Waals surface area (Å²) in [5, 5.41) is 5.69. The summed E-state index contributed by atoms with van der Waals surface area (Å²) in [6, 6.07) is 22.3. The Hall–Kier alpha value is -3.25. The molecule has 0 saturated carbocycles. The van der Waals surface area contributed by atoms with Crippen LogP contribution in [0.1, 0.15) is 21.5 Å². The first-order valence-corrected chi connectivity index (χ1v) is 10.7. The zero-order valence-electron chi connectivity index (χ0n) is 17.0. The Labute approximate surface area is 180 Å². The molecule has 2 amide bonds. The van der Waals surface area contributed by atoms with E-state index in [1.54, 1.807) is 55.3 Å². The maximum atomic E-state index is 12.5. The molecule has 0 aliphatic rings. The molecule has 0 aromatic heterocycles. The lowest BCUT2D eigenvalue weighted by molar-refractivity contribution is -0.113. The molecule has 3 aromatic rings. The van der Waals surface area contributed by atoms with Crippen molar-refractivity contribution in [2.24, 2.45) is 0 Å². The van der Waals surface area contributed by atoms with Crippen molar-refractivity contribution in [3.05, 3.63) is 89.5 Å². The fraction of sp³-hybridized carbons (Fsp3) is 0.167. The van der Waals surface area contributed by atoms with E-state index in [4.69, 9.17) is 4.74 Å². The van der Waals surface area contributed by atoms with Crippen LogP contribution in [0.25, 0.3) is 0 Å². The highest BCUT2D eigenvalue weighted by molar-refractivity contribution is 7.99. The minimum absolute atomic E-state index is 0.0705. The molecular formula is C24H24N2O3S. The van der Waals surface area contributed by atoms with E-state index < -0.39 is 0 Å². The van der Waals surface area contributed by atoms with E-state index in [1.807, 2.05) is 18.2 Å². The smallest absolute Gasteiger partial charge is 0.255 e. The molecule has 0 aliphatic heterocycles. The van der Waals surface area contributed by atoms with Gasteiger partial charge in [-0.1, -0.05) is 42.0 Å². The molecule has 5 nitrogen and oxygen atoms in total. The molecule has 6 heteroatoms. The Morgan fingerprint density at radius 2 is 1.70 bits per heavy atom. The maximum Gasteiger partial charge on any atom is 0.255 e. The summed E-state index contributed by atoms with van der Waals surface area (Å²) in [5.74, 6) is 1.43. The summed E-state index contributed by atoms with van der Waals surface area (Å²) in [6.07, 6.45) is 0. The standard InChI is InChI=1S/C24H24N2O3S/c1-17-6-5-7-18(14-17)15-30-16-23(27)25-20-12-10-19(11-13-20)24(28)26-21-8-3-4-9-22(21)29-2/h3-14H,15-16H2,1-2H3,(H,25,27)(H,26,28). The van der Waals surface area contributed by atoms with Crippen LogP contribution in [0, 0.1) is 6.92 Å². The van der Waals surface area contributed by atoms with E-state index >= 15 is 0 Å². The molecule has 0 atom stereocenters. The van der Waals surface area contributed by atoms with Crippen molar-refractivity contribution in [2.75, 3.05) is 23.5 Å². The van der Waals surface area contributed by atoms with Gasteiger partial charge in [0.25, 0.3) is 5.91 Å². The van der Waals surface area contributed by atoms with E-state index in [2.05, 4.69) is 35.8 Å². The average molecular weight is 421 g/mol. The van der Waals surface area contributed by atoms with Crippen LogP contribution < -0.4 is 15.4 Å². The van der Waals surface area contributed by atoms with Gasteiger partial charge >= 0.3 is 0 Å². The number of ether oxygens (including phenoxy) is 1. The number of hydrogen-bond donors (Lipinski definition) is 2. The second-order valence-electron chi connectivity index (χ2n) is 6.76. The van der Waals surface area contributed by atoms with Crippen LogP contribution in [0.3, 0.4) is 0 Å². The van der Waals surface area contributed by atoms with Gasteiger partial charge in [0.1, 0.15) is 5.75 Å². The van der Waals surface area contributed by atoms with Gasteiger partial charge in [-0.25, -0.2) is 0 Å². The molecule has 0 saturated heterocycles. The van der Waals surface area contributed by atoms with Gasteiger partial charge in [-0.15, -0.1) is 11.8 Å². The lowest BCUT2D eigenvalue weighted by Gasteiger charge is -2.10. The molecule has 2 N–H and O–H groups in total. The van der Waals surface area contributed by atoms with Crippen molar-refractivity contribution >= 4 is 35.0 Å². The van der Waals surface area contributed by atoms with Crippen LogP contribution in [-0.4, -0.2) is 24.7 Å². The zero-order valence-corrected chi connectivity index (χ0v) is 17.8. The third-order valence-corrected chi connectivity index (χ3v) is 5.37. The van der Waals surface area contributed by atoms with Crippen molar-refractivity contribution in [2.45, 2.75) is 12.7 Å². The second kappa shape index (κ2) is 10.5. The number of aryl methyl sites for hydroxylation is 1. The quantitative estimate of drug-likeness (QED) is 0.530. The molecule has 3 rings (SSSR count). The molecule has 0 heterocycles. The van der Waals surface area contributed by atoms with E-state index in [1.165, 1.54) is 11.1 Å². The molecule has 30 heavy (non-hydrogen) atoms. The molecule has 0 spiro atoms. The van der Waals surface area contributed by atoms with Gasteiger partial charge in [0.2, 0.25) is 5.91 Å². The first kappa shape index (κ1) is 21.5. The molecule has 154 valence electrons. The van der Waals surface area contributed by atoms with Crippen LogP contribution in [0.15, 0.2) is 72.8 Å². The lowest BCUT2D eigenvalue weighted by atomic mass is 10.2. The number of thioether (sulfide) groups is 1. The maximum absolute atomic E-state index is 12.5. The Kier molecular flexibility index (Phi) is 7.51. The van der Waals surface area contributed by atoms with Crippen LogP contribution in [0.4, 0.5) is 11.4 Å². The van der Waals surface area contributed by atoms with Crippen LogP contribution in [0.5, 0.6) is 5.75 Å². The number of hydrogen-bond acceptors (Lipinski definition) is 4. The third kappa shape index (κ3) is 6.12. The van der Waals surface area contributed by atoms with Crippen molar-refractivity contribution in [1.29, 1.82) is 0 Å². The number of methoxy groups -OCH3 is 1. The molecule has 0 bridgehead atoms. The second-order valence-corrected chi connectivity index (χ2v) is 7.75. The minimum Gasteiger partial charge on any atom is -0.495 e. The molecule has 3 aromatic carbocycles. The van der Waals surface area contributed by atoms with Gasteiger partial charge < -0.3 is 15.4 Å². The fourth-order valence-electron chi connectivity index (χ4n) is 2.91. The van der Waals surface area contributed by atoms with Gasteiger partial charge in [-0.2, -0.15) is 0 Å². The summed E-state index contributed by atoms with van der Waals surface area (Å²) in [7, 11) is 1.56. The summed E-state index contributed by atoms with van der Waals surface area (Å²) in [6.45, 7) is 2.06. The number of carbonyl (C=O) groups excluding carboxylic acids is 2. The summed E-state index contributed by atoms with van der Waals surface area (Å²) in [5.41, 5.74) is 4.18. The number of amides is 2. The predicted octanol–water partition coefficient (Wildman–Crippen LogP) is 5.13. The lowest BCUT2D eigenvalue weighted by Crippen LogP contribution is -2.15. The molecule has 0 aliphatic carbocycles. The van der Waals surface area contributed by atoms with Gasteiger partial charge in [0.05, 0.1) is 18.6 Å². The number of para-hydroxylation sites is 2. The number of anilines is 2. The number of benzene rings is 3. The topological polar surface area (TPSA) is 67.4 Å². The summed E-state index contributed by atoms with van der Waals surface area (Å²) >= 11 is 1.57. The Morgan fingerprint density at radius 1 is 0.933 bits per heavy atom. The number of carbonyl (C=O) groups is 2. The molecule has 0 unspecified atom stereocenters. The van der Waals surface area contributed by atoms with E-state index in [-0.39, 0.29) is 11.8 Å². The van der Waals surface area contributed by atoms with E-state index in [0.29, 0.717) is 28.4 Å². The van der Waals surface area contributed by atoms with Crippen LogP contribution >= 0.6 is 11.8 Å². The van der Waals surface area contributed by atoms with Crippen LogP contribution in [-0.2, 0) is 10.5 Å². The number of nitrogens with one attached hydrogen (secondary N) is 2. The van der Waals surface area contributed by atoms with Crippen molar-refractivity contribution in [3.8, 4) is 5.75 Å². The molecule has 0 radical (unpaired) electrons. The SMILES string of the molecule is COc1ccccc1NC(=O)c1ccc(NC(=O)CSCc2cccc(C)c2)cc1. The first-order valence-electron chi connectivity index (χ1n) is 9.53. The normalized spacial score (nSPS) is 10.3. The van der Waals surface area contributed by atoms with Crippen LogP contribution in [0.2, 0.25) is 0 Å². The third-order valence-electron chi connectivity index (χ3n) is 4.37. The average Bonchev–Trinajstić information content (AvgIpc) is 2.74. The van der Waals surface area contributed by atoms with E-state index in [0.717, 1.165) is 5.75 Å². The first-order chi connectivity index (χ1) is 14.5. The summed E-state index contributed by atoms with van der Waals surface area (Å²) < 4.78 is 5.25. The zero-order chi connectivity index (χ0) is 21.3. The molecule has 0 fully saturated rings. The van der Waals surface area contributed by atoms with Gasteiger partial charge in [-0.05, 0) is 48.9 Å². The summed E-state index contributed by atoms with van der Waals surface area (Å²) in [4.78, 5) is 24.6.